The summed E-state index contributed by atoms with van der Waals surface area (Å²) < 4.78 is 5.22. The van der Waals surface area contributed by atoms with E-state index in [0.29, 0.717) is 0 Å². The van der Waals surface area contributed by atoms with Gasteiger partial charge in [0.15, 0.2) is 0 Å². The van der Waals surface area contributed by atoms with E-state index in [0.717, 1.165) is 11.3 Å². The summed E-state index contributed by atoms with van der Waals surface area (Å²) in [7, 11) is 0. The first-order valence-corrected chi connectivity index (χ1v) is 5.22. The van der Waals surface area contributed by atoms with Gasteiger partial charge in [0.25, 0.3) is 0 Å². The Kier molecular flexibility index (Phi) is 4.64. The molecule has 0 aliphatic carbocycles. The van der Waals surface area contributed by atoms with Gasteiger partial charge in [-0.25, -0.2) is 0 Å². The molecule has 0 aliphatic heterocycles. The highest BCUT2D eigenvalue weighted by Gasteiger charge is 2.09. The van der Waals surface area contributed by atoms with E-state index in [1.165, 1.54) is 0 Å². The van der Waals surface area contributed by atoms with Crippen LogP contribution in [0.25, 0.3) is 0 Å². The lowest BCUT2D eigenvalue weighted by Gasteiger charge is -2.07. The molecular formula is C13H17NO. The van der Waals surface area contributed by atoms with Crippen molar-refractivity contribution >= 4 is 0 Å². The molecule has 0 fully saturated rings. The zero-order valence-corrected chi connectivity index (χ0v) is 9.18. The van der Waals surface area contributed by atoms with Gasteiger partial charge in [0, 0.05) is 0 Å². The summed E-state index contributed by atoms with van der Waals surface area (Å²) in [5.74, 6) is 0.797. The molecule has 80 valence electrons. The van der Waals surface area contributed by atoms with Crippen molar-refractivity contribution in [1.29, 1.82) is 0 Å². The Morgan fingerprint density at radius 1 is 1.00 bits per heavy atom. The molecule has 0 amide bonds. The van der Waals surface area contributed by atoms with Crippen LogP contribution in [0, 0.1) is 0 Å². The molecular weight excluding hydrogens is 186 g/mol. The maximum atomic E-state index is 5.97. The van der Waals surface area contributed by atoms with Crippen molar-refractivity contribution in [3.8, 4) is 0 Å². The van der Waals surface area contributed by atoms with Gasteiger partial charge in [0.05, 0.1) is 12.3 Å². The van der Waals surface area contributed by atoms with Gasteiger partial charge in [-0.05, 0) is 17.7 Å². The normalized spacial score (nSPS) is 11.4. The summed E-state index contributed by atoms with van der Waals surface area (Å²) in [4.78, 5) is 0. The molecule has 1 heterocycles. The molecule has 2 nitrogen and oxygen atoms in total. The van der Waals surface area contributed by atoms with Crippen molar-refractivity contribution in [2.24, 2.45) is 5.73 Å². The van der Waals surface area contributed by atoms with E-state index in [4.69, 9.17) is 10.2 Å². The smallest absolute Gasteiger partial charge is 0.124 e. The molecule has 0 spiro atoms. The van der Waals surface area contributed by atoms with Crippen LogP contribution in [0.3, 0.4) is 0 Å². The molecule has 1 aromatic carbocycles. The van der Waals surface area contributed by atoms with Crippen LogP contribution in [0.4, 0.5) is 0 Å². The summed E-state index contributed by atoms with van der Waals surface area (Å²) in [5, 5.41) is 0. The zero-order chi connectivity index (χ0) is 11.1. The van der Waals surface area contributed by atoms with Crippen molar-refractivity contribution in [2.75, 3.05) is 0 Å². The van der Waals surface area contributed by atoms with Crippen LogP contribution in [0.2, 0.25) is 0 Å². The standard InChI is InChI=1S/C11H11NO.C2H6/c12-11(10-7-4-8-13-10)9-5-2-1-3-6-9;1-2/h1-8,11H,12H2;1-2H3. The Morgan fingerprint density at radius 3 is 2.20 bits per heavy atom. The van der Waals surface area contributed by atoms with E-state index in [9.17, 15) is 0 Å². The van der Waals surface area contributed by atoms with Crippen molar-refractivity contribution in [2.45, 2.75) is 19.9 Å². The number of furan rings is 1. The van der Waals surface area contributed by atoms with E-state index in [1.54, 1.807) is 6.26 Å². The van der Waals surface area contributed by atoms with Crippen LogP contribution in [-0.4, -0.2) is 0 Å². The molecule has 1 aromatic heterocycles. The predicted molar refractivity (Wildman–Crippen MR) is 62.5 cm³/mol. The summed E-state index contributed by atoms with van der Waals surface area (Å²) in [6, 6.07) is 13.5. The Bertz CT molecular complexity index is 353. The largest absolute Gasteiger partial charge is 0.467 e. The van der Waals surface area contributed by atoms with Gasteiger partial charge in [-0.1, -0.05) is 44.2 Å². The van der Waals surface area contributed by atoms with Crippen molar-refractivity contribution < 1.29 is 4.42 Å². The zero-order valence-electron chi connectivity index (χ0n) is 9.18. The lowest BCUT2D eigenvalue weighted by atomic mass is 10.1. The third kappa shape index (κ3) is 2.96. The second-order valence-corrected chi connectivity index (χ2v) is 2.90. The molecule has 0 radical (unpaired) electrons. The Hall–Kier alpha value is -1.54. The van der Waals surface area contributed by atoms with Gasteiger partial charge in [0.1, 0.15) is 5.76 Å². The third-order valence-corrected chi connectivity index (χ3v) is 2.01. The minimum absolute atomic E-state index is 0.156. The molecule has 2 heteroatoms. The maximum Gasteiger partial charge on any atom is 0.124 e. The number of nitrogens with two attached hydrogens (primary N) is 1. The van der Waals surface area contributed by atoms with Gasteiger partial charge >= 0.3 is 0 Å². The number of benzene rings is 1. The van der Waals surface area contributed by atoms with Crippen molar-refractivity contribution in [1.82, 2.24) is 0 Å². The summed E-state index contributed by atoms with van der Waals surface area (Å²) >= 11 is 0. The Labute approximate surface area is 90.7 Å². The van der Waals surface area contributed by atoms with Gasteiger partial charge < -0.3 is 10.2 Å². The third-order valence-electron chi connectivity index (χ3n) is 2.01. The molecule has 2 rings (SSSR count). The first kappa shape index (κ1) is 11.5. The average Bonchev–Trinajstić information content (AvgIpc) is 2.85. The Balaban J connectivity index is 0.000000531. The van der Waals surface area contributed by atoms with Crippen molar-refractivity contribution in [3.05, 3.63) is 60.1 Å². The molecule has 1 unspecified atom stereocenters. The van der Waals surface area contributed by atoms with E-state index in [2.05, 4.69) is 0 Å². The molecule has 1 atom stereocenters. The van der Waals surface area contributed by atoms with Crippen molar-refractivity contribution in [3.63, 3.8) is 0 Å². The highest BCUT2D eigenvalue weighted by molar-refractivity contribution is 5.25. The molecule has 0 saturated carbocycles. The highest BCUT2D eigenvalue weighted by Crippen LogP contribution is 2.18. The van der Waals surface area contributed by atoms with E-state index in [-0.39, 0.29) is 6.04 Å². The molecule has 0 saturated heterocycles. The summed E-state index contributed by atoms with van der Waals surface area (Å²) in [6.07, 6.45) is 1.64. The van der Waals surface area contributed by atoms with E-state index >= 15 is 0 Å². The molecule has 2 N–H and O–H groups in total. The average molecular weight is 203 g/mol. The van der Waals surface area contributed by atoms with Gasteiger partial charge in [-0.2, -0.15) is 0 Å². The van der Waals surface area contributed by atoms with Gasteiger partial charge in [-0.3, -0.25) is 0 Å². The van der Waals surface area contributed by atoms with Crippen LogP contribution >= 0.6 is 0 Å². The quantitative estimate of drug-likeness (QED) is 0.812. The number of hydrogen-bond acceptors (Lipinski definition) is 2. The summed E-state index contributed by atoms with van der Waals surface area (Å²) in [6.45, 7) is 4.00. The Morgan fingerprint density at radius 2 is 1.67 bits per heavy atom. The molecule has 0 bridgehead atoms. The maximum absolute atomic E-state index is 5.97. The highest BCUT2D eigenvalue weighted by atomic mass is 16.3. The fourth-order valence-corrected chi connectivity index (χ4v) is 1.29. The second-order valence-electron chi connectivity index (χ2n) is 2.90. The lowest BCUT2D eigenvalue weighted by Crippen LogP contribution is -2.10. The van der Waals surface area contributed by atoms with E-state index in [1.807, 2.05) is 56.3 Å². The predicted octanol–water partition coefficient (Wildman–Crippen LogP) is 3.35. The lowest BCUT2D eigenvalue weighted by molar-refractivity contribution is 0.490. The van der Waals surface area contributed by atoms with Crippen LogP contribution in [0.15, 0.2) is 53.1 Å². The number of rotatable bonds is 2. The first-order valence-electron chi connectivity index (χ1n) is 5.22. The summed E-state index contributed by atoms with van der Waals surface area (Å²) in [5.41, 5.74) is 7.03. The SMILES string of the molecule is CC.NC(c1ccccc1)c1ccco1. The fraction of sp³-hybridized carbons (Fsp3) is 0.231. The second kappa shape index (κ2) is 6.04. The molecule has 2 aromatic rings. The first-order chi connectivity index (χ1) is 7.38. The van der Waals surface area contributed by atoms with Gasteiger partial charge in [-0.15, -0.1) is 0 Å². The van der Waals surface area contributed by atoms with Gasteiger partial charge in [0.2, 0.25) is 0 Å². The molecule has 0 aliphatic rings. The topological polar surface area (TPSA) is 39.2 Å². The van der Waals surface area contributed by atoms with E-state index < -0.39 is 0 Å². The van der Waals surface area contributed by atoms with Crippen LogP contribution in [0.1, 0.15) is 31.2 Å². The molecule has 15 heavy (non-hydrogen) atoms. The monoisotopic (exact) mass is 203 g/mol. The fourth-order valence-electron chi connectivity index (χ4n) is 1.29. The van der Waals surface area contributed by atoms with Crippen LogP contribution < -0.4 is 5.73 Å². The minimum atomic E-state index is -0.156. The van der Waals surface area contributed by atoms with Crippen LogP contribution in [0.5, 0.6) is 0 Å². The number of hydrogen-bond donors (Lipinski definition) is 1. The van der Waals surface area contributed by atoms with Crippen LogP contribution in [-0.2, 0) is 0 Å². The minimum Gasteiger partial charge on any atom is -0.467 e.